The maximum absolute atomic E-state index is 12.8. The molecule has 2 fully saturated rings. The number of anilines is 2. The molecule has 5 heteroatoms. The summed E-state index contributed by atoms with van der Waals surface area (Å²) in [5, 5.41) is 0. The number of rotatable bonds is 5. The second-order valence-corrected chi connectivity index (χ2v) is 7.60. The van der Waals surface area contributed by atoms with Gasteiger partial charge in [0.1, 0.15) is 0 Å². The van der Waals surface area contributed by atoms with Crippen LogP contribution in [0.2, 0.25) is 0 Å². The van der Waals surface area contributed by atoms with Gasteiger partial charge in [-0.25, -0.2) is 0 Å². The summed E-state index contributed by atoms with van der Waals surface area (Å²) in [5.74, 6) is 0.722. The average molecular weight is 357 g/mol. The molecule has 2 aliphatic rings. The second kappa shape index (κ2) is 8.11. The summed E-state index contributed by atoms with van der Waals surface area (Å²) in [6, 6.07) is 8.13. The summed E-state index contributed by atoms with van der Waals surface area (Å²) in [6.07, 6.45) is 2.48. The van der Waals surface area contributed by atoms with Gasteiger partial charge >= 0.3 is 0 Å². The molecule has 3 rings (SSSR count). The molecule has 2 heterocycles. The van der Waals surface area contributed by atoms with Gasteiger partial charge in [0.2, 0.25) is 11.8 Å². The molecule has 26 heavy (non-hydrogen) atoms. The molecular weight excluding hydrogens is 326 g/mol. The number of piperidine rings is 1. The molecule has 0 radical (unpaired) electrons. The molecule has 142 valence electrons. The van der Waals surface area contributed by atoms with Crippen LogP contribution in [-0.2, 0) is 9.59 Å². The van der Waals surface area contributed by atoms with Crippen molar-refractivity contribution in [3.05, 3.63) is 24.3 Å². The van der Waals surface area contributed by atoms with Gasteiger partial charge in [0.05, 0.1) is 5.92 Å². The van der Waals surface area contributed by atoms with E-state index in [1.165, 1.54) is 5.69 Å². The molecule has 0 aliphatic carbocycles. The van der Waals surface area contributed by atoms with Crippen molar-refractivity contribution >= 4 is 23.2 Å². The zero-order chi connectivity index (χ0) is 18.7. The van der Waals surface area contributed by atoms with Crippen LogP contribution in [0.25, 0.3) is 0 Å². The van der Waals surface area contributed by atoms with Crippen LogP contribution in [0, 0.1) is 11.8 Å². The number of carbonyl (C=O) groups is 2. The smallest absolute Gasteiger partial charge is 0.228 e. The molecule has 0 bridgehead atoms. The minimum absolute atomic E-state index is 0.0596. The summed E-state index contributed by atoms with van der Waals surface area (Å²) in [5.41, 5.74) is 2.06. The number of likely N-dealkylation sites (tertiary alicyclic amines) is 1. The quantitative estimate of drug-likeness (QED) is 0.813. The maximum atomic E-state index is 12.8. The number of hydrogen-bond donors (Lipinski definition) is 0. The monoisotopic (exact) mass is 357 g/mol. The fourth-order valence-corrected chi connectivity index (χ4v) is 4.04. The lowest BCUT2D eigenvalue weighted by Crippen LogP contribution is -2.42. The predicted molar refractivity (Wildman–Crippen MR) is 105 cm³/mol. The predicted octanol–water partition coefficient (Wildman–Crippen LogP) is 3.14. The molecule has 0 aromatic heterocycles. The van der Waals surface area contributed by atoms with Crippen LogP contribution in [0.3, 0.4) is 0 Å². The van der Waals surface area contributed by atoms with Gasteiger partial charge in [-0.1, -0.05) is 6.92 Å². The zero-order valence-electron chi connectivity index (χ0n) is 16.3. The Labute approximate surface area is 156 Å². The number of carbonyl (C=O) groups excluding carboxylic acids is 2. The molecular formula is C21H31N3O2. The summed E-state index contributed by atoms with van der Waals surface area (Å²) >= 11 is 0. The molecule has 5 nitrogen and oxygen atoms in total. The van der Waals surface area contributed by atoms with E-state index in [9.17, 15) is 9.59 Å². The Morgan fingerprint density at radius 3 is 2.31 bits per heavy atom. The first kappa shape index (κ1) is 18.7. The van der Waals surface area contributed by atoms with Gasteiger partial charge in [0.25, 0.3) is 0 Å². The van der Waals surface area contributed by atoms with Crippen LogP contribution in [0.5, 0.6) is 0 Å². The van der Waals surface area contributed by atoms with Crippen LogP contribution in [0.15, 0.2) is 24.3 Å². The minimum atomic E-state index is -0.196. The third kappa shape index (κ3) is 3.87. The standard InChI is InChI=1S/C21H31N3O2/c1-4-22(5-2)18-6-8-19(9-7-18)24-15-17(14-20(24)25)21(26)23-12-10-16(3)11-13-23/h6-9,16-17H,4-5,10-15H2,1-3H3. The first-order valence-corrected chi connectivity index (χ1v) is 9.97. The Hall–Kier alpha value is -2.04. The van der Waals surface area contributed by atoms with Gasteiger partial charge < -0.3 is 14.7 Å². The molecule has 1 unspecified atom stereocenters. The molecule has 1 aromatic carbocycles. The summed E-state index contributed by atoms with van der Waals surface area (Å²) in [7, 11) is 0. The summed E-state index contributed by atoms with van der Waals surface area (Å²) < 4.78 is 0. The second-order valence-electron chi connectivity index (χ2n) is 7.60. The average Bonchev–Trinajstić information content (AvgIpc) is 3.05. The molecule has 0 N–H and O–H groups in total. The van der Waals surface area contributed by atoms with E-state index in [0.717, 1.165) is 44.7 Å². The highest BCUT2D eigenvalue weighted by Crippen LogP contribution is 2.29. The van der Waals surface area contributed by atoms with E-state index in [1.807, 2.05) is 17.0 Å². The normalized spacial score (nSPS) is 21.3. The van der Waals surface area contributed by atoms with E-state index in [0.29, 0.717) is 18.9 Å². The number of hydrogen-bond acceptors (Lipinski definition) is 3. The van der Waals surface area contributed by atoms with Crippen molar-refractivity contribution in [3.8, 4) is 0 Å². The molecule has 1 aromatic rings. The Bertz CT molecular complexity index is 631. The lowest BCUT2D eigenvalue weighted by atomic mass is 9.97. The highest BCUT2D eigenvalue weighted by Gasteiger charge is 2.37. The van der Waals surface area contributed by atoms with Crippen LogP contribution in [0.1, 0.15) is 40.0 Å². The third-order valence-electron chi connectivity index (χ3n) is 5.86. The molecule has 0 spiro atoms. The molecule has 1 atom stereocenters. The minimum Gasteiger partial charge on any atom is -0.372 e. The van der Waals surface area contributed by atoms with E-state index in [1.54, 1.807) is 4.90 Å². The third-order valence-corrected chi connectivity index (χ3v) is 5.86. The molecule has 2 aliphatic heterocycles. The number of nitrogens with zero attached hydrogens (tertiary/aromatic N) is 3. The van der Waals surface area contributed by atoms with E-state index in [-0.39, 0.29) is 17.7 Å². The van der Waals surface area contributed by atoms with Gasteiger partial charge in [-0.2, -0.15) is 0 Å². The lowest BCUT2D eigenvalue weighted by molar-refractivity contribution is -0.137. The van der Waals surface area contributed by atoms with Gasteiger partial charge in [-0.05, 0) is 56.9 Å². The Kier molecular flexibility index (Phi) is 5.84. The highest BCUT2D eigenvalue weighted by atomic mass is 16.2. The first-order chi connectivity index (χ1) is 12.5. The first-order valence-electron chi connectivity index (χ1n) is 9.97. The SMILES string of the molecule is CCN(CC)c1ccc(N2CC(C(=O)N3CCC(C)CC3)CC2=O)cc1. The van der Waals surface area contributed by atoms with Crippen LogP contribution in [0.4, 0.5) is 11.4 Å². The molecule has 2 saturated heterocycles. The highest BCUT2D eigenvalue weighted by molar-refractivity contribution is 6.00. The van der Waals surface area contributed by atoms with Crippen LogP contribution < -0.4 is 9.80 Å². The van der Waals surface area contributed by atoms with Crippen molar-refractivity contribution in [3.63, 3.8) is 0 Å². The van der Waals surface area contributed by atoms with Crippen molar-refractivity contribution in [2.45, 2.75) is 40.0 Å². The molecule has 2 amide bonds. The number of amides is 2. The molecule has 0 saturated carbocycles. The van der Waals surface area contributed by atoms with Gasteiger partial charge in [0.15, 0.2) is 0 Å². The van der Waals surface area contributed by atoms with Crippen molar-refractivity contribution in [1.29, 1.82) is 0 Å². The fourth-order valence-electron chi connectivity index (χ4n) is 4.04. The van der Waals surface area contributed by atoms with E-state index in [2.05, 4.69) is 37.8 Å². The van der Waals surface area contributed by atoms with Crippen molar-refractivity contribution in [2.75, 3.05) is 42.5 Å². The van der Waals surface area contributed by atoms with E-state index in [4.69, 9.17) is 0 Å². The Morgan fingerprint density at radius 1 is 1.12 bits per heavy atom. The Balaban J connectivity index is 1.65. The number of benzene rings is 1. The summed E-state index contributed by atoms with van der Waals surface area (Å²) in [6.45, 7) is 10.6. The fraction of sp³-hybridized carbons (Fsp3) is 0.619. The Morgan fingerprint density at radius 2 is 1.73 bits per heavy atom. The van der Waals surface area contributed by atoms with Crippen molar-refractivity contribution in [2.24, 2.45) is 11.8 Å². The van der Waals surface area contributed by atoms with Crippen molar-refractivity contribution < 1.29 is 9.59 Å². The maximum Gasteiger partial charge on any atom is 0.228 e. The summed E-state index contributed by atoms with van der Waals surface area (Å²) in [4.78, 5) is 31.3. The van der Waals surface area contributed by atoms with E-state index >= 15 is 0 Å². The van der Waals surface area contributed by atoms with E-state index < -0.39 is 0 Å². The topological polar surface area (TPSA) is 43.9 Å². The van der Waals surface area contributed by atoms with Crippen LogP contribution in [-0.4, -0.2) is 49.4 Å². The van der Waals surface area contributed by atoms with Gasteiger partial charge in [0, 0.05) is 50.5 Å². The van der Waals surface area contributed by atoms with Gasteiger partial charge in [-0.15, -0.1) is 0 Å². The lowest BCUT2D eigenvalue weighted by Gasteiger charge is -2.32. The van der Waals surface area contributed by atoms with Crippen LogP contribution >= 0.6 is 0 Å². The van der Waals surface area contributed by atoms with Crippen molar-refractivity contribution in [1.82, 2.24) is 4.90 Å². The van der Waals surface area contributed by atoms with Gasteiger partial charge in [-0.3, -0.25) is 9.59 Å². The largest absolute Gasteiger partial charge is 0.372 e. The zero-order valence-corrected chi connectivity index (χ0v) is 16.3.